The molecule has 0 amide bonds. The highest BCUT2D eigenvalue weighted by atomic mass is 79.9. The van der Waals surface area contributed by atoms with E-state index in [1.165, 1.54) is 17.5 Å². The summed E-state index contributed by atoms with van der Waals surface area (Å²) in [7, 11) is 0. The average Bonchev–Trinajstić information content (AvgIpc) is 2.98. The van der Waals surface area contributed by atoms with Crippen molar-refractivity contribution in [3.63, 3.8) is 0 Å². The van der Waals surface area contributed by atoms with Gasteiger partial charge in [0.05, 0.1) is 0 Å². The Morgan fingerprint density at radius 2 is 2.06 bits per heavy atom. The highest BCUT2D eigenvalue weighted by molar-refractivity contribution is 9.10. The van der Waals surface area contributed by atoms with E-state index in [1.807, 2.05) is 17.5 Å². The summed E-state index contributed by atoms with van der Waals surface area (Å²) in [6, 6.07) is 6.09. The molecule has 1 heterocycles. The summed E-state index contributed by atoms with van der Waals surface area (Å²) in [6.45, 7) is 0. The quantitative estimate of drug-likeness (QED) is 0.711. The highest BCUT2D eigenvalue weighted by Crippen LogP contribution is 2.36. The van der Waals surface area contributed by atoms with Crippen molar-refractivity contribution in [1.29, 1.82) is 0 Å². The van der Waals surface area contributed by atoms with Crippen molar-refractivity contribution < 1.29 is 4.79 Å². The molecule has 1 aliphatic rings. The molecule has 3 rings (SSSR count). The highest BCUT2D eigenvalue weighted by Gasteiger charge is 2.25. The molecule has 0 atom stereocenters. The Hall–Kier alpha value is -0.670. The minimum absolute atomic E-state index is 0.270. The van der Waals surface area contributed by atoms with Crippen LogP contribution in [0.2, 0.25) is 0 Å². The van der Waals surface area contributed by atoms with Gasteiger partial charge < -0.3 is 0 Å². The van der Waals surface area contributed by atoms with Crippen LogP contribution in [0.15, 0.2) is 28.1 Å². The van der Waals surface area contributed by atoms with Crippen LogP contribution in [0.1, 0.15) is 36.0 Å². The summed E-state index contributed by atoms with van der Waals surface area (Å²) in [4.78, 5) is 12.4. The molecule has 0 radical (unpaired) electrons. The third-order valence-corrected chi connectivity index (χ3v) is 5.50. The third-order valence-electron chi connectivity index (χ3n) is 3.54. The van der Waals surface area contributed by atoms with Crippen molar-refractivity contribution in [1.82, 2.24) is 0 Å². The molecule has 1 fully saturated rings. The van der Waals surface area contributed by atoms with Crippen LogP contribution in [-0.4, -0.2) is 5.78 Å². The second-order valence-corrected chi connectivity index (χ2v) is 6.35. The zero-order chi connectivity index (χ0) is 11.8. The zero-order valence-corrected chi connectivity index (χ0v) is 11.8. The molecule has 1 aromatic heterocycles. The second-order valence-electron chi connectivity index (χ2n) is 4.61. The van der Waals surface area contributed by atoms with Crippen molar-refractivity contribution in [2.24, 2.45) is 5.92 Å². The first-order valence-electron chi connectivity index (χ1n) is 5.97. The normalized spacial score (nSPS) is 16.8. The number of hydrogen-bond donors (Lipinski definition) is 0. The van der Waals surface area contributed by atoms with Crippen LogP contribution in [0.4, 0.5) is 0 Å². The largest absolute Gasteiger partial charge is 0.294 e. The van der Waals surface area contributed by atoms with E-state index in [2.05, 4.69) is 22.0 Å². The summed E-state index contributed by atoms with van der Waals surface area (Å²) in [6.07, 6.45) is 4.57. The van der Waals surface area contributed by atoms with E-state index in [1.54, 1.807) is 11.3 Å². The van der Waals surface area contributed by atoms with E-state index in [4.69, 9.17) is 0 Å². The molecule has 3 heteroatoms. The Labute approximate surface area is 113 Å². The summed E-state index contributed by atoms with van der Waals surface area (Å²) in [5.74, 6) is 0.624. The molecule has 1 saturated carbocycles. The van der Waals surface area contributed by atoms with Crippen LogP contribution in [0.3, 0.4) is 0 Å². The maximum Gasteiger partial charge on any atom is 0.167 e. The lowest BCUT2D eigenvalue weighted by Crippen LogP contribution is -2.10. The molecule has 17 heavy (non-hydrogen) atoms. The first kappa shape index (κ1) is 11.4. The third kappa shape index (κ3) is 1.95. The van der Waals surface area contributed by atoms with E-state index in [0.717, 1.165) is 28.3 Å². The predicted molar refractivity (Wildman–Crippen MR) is 75.8 cm³/mol. The van der Waals surface area contributed by atoms with Crippen LogP contribution >= 0.6 is 27.3 Å². The number of thiophene rings is 1. The number of Topliss-reactive ketones (excluding diaryl/α,β-unsaturated/α-hetero) is 1. The van der Waals surface area contributed by atoms with Crippen LogP contribution in [0, 0.1) is 5.92 Å². The minimum atomic E-state index is 0.270. The van der Waals surface area contributed by atoms with Crippen molar-refractivity contribution in [2.75, 3.05) is 0 Å². The zero-order valence-electron chi connectivity index (χ0n) is 9.41. The SMILES string of the molecule is O=C(c1csc2c(Br)cccc12)C1CCCC1. The van der Waals surface area contributed by atoms with E-state index in [0.29, 0.717) is 5.78 Å². The number of rotatable bonds is 2. The Kier molecular flexibility index (Phi) is 3.05. The standard InChI is InChI=1S/C14H13BrOS/c15-12-7-3-6-10-11(8-17-14(10)12)13(16)9-4-1-2-5-9/h3,6-9H,1-2,4-5H2. The molecule has 1 nitrogen and oxygen atoms in total. The molecular formula is C14H13BrOS. The van der Waals surface area contributed by atoms with Gasteiger partial charge in [-0.3, -0.25) is 4.79 Å². The molecule has 88 valence electrons. The number of hydrogen-bond acceptors (Lipinski definition) is 2. The molecule has 0 aliphatic heterocycles. The van der Waals surface area contributed by atoms with Crippen LogP contribution in [0.5, 0.6) is 0 Å². The van der Waals surface area contributed by atoms with Crippen LogP contribution in [0.25, 0.3) is 10.1 Å². The molecule has 1 aromatic carbocycles. The van der Waals surface area contributed by atoms with Gasteiger partial charge in [0, 0.05) is 31.4 Å². The summed E-state index contributed by atoms with van der Waals surface area (Å²) in [5.41, 5.74) is 0.929. The number of carbonyl (C=O) groups is 1. The molecule has 2 aromatic rings. The monoisotopic (exact) mass is 308 g/mol. The van der Waals surface area contributed by atoms with Gasteiger partial charge in [-0.25, -0.2) is 0 Å². The van der Waals surface area contributed by atoms with Crippen molar-refractivity contribution >= 4 is 43.1 Å². The maximum atomic E-state index is 12.4. The molecule has 0 bridgehead atoms. The fraction of sp³-hybridized carbons (Fsp3) is 0.357. The Morgan fingerprint density at radius 1 is 1.29 bits per heavy atom. The topological polar surface area (TPSA) is 17.1 Å². The van der Waals surface area contributed by atoms with Gasteiger partial charge in [-0.05, 0) is 34.8 Å². The number of benzene rings is 1. The Morgan fingerprint density at radius 3 is 2.82 bits per heavy atom. The molecule has 0 N–H and O–H groups in total. The Bertz CT molecular complexity index is 567. The summed E-state index contributed by atoms with van der Waals surface area (Å²) < 4.78 is 2.28. The van der Waals surface area contributed by atoms with Gasteiger partial charge in [-0.1, -0.05) is 25.0 Å². The summed E-state index contributed by atoms with van der Waals surface area (Å²) >= 11 is 5.20. The Balaban J connectivity index is 2.05. The van der Waals surface area contributed by atoms with Gasteiger partial charge in [0.2, 0.25) is 0 Å². The van der Waals surface area contributed by atoms with Crippen molar-refractivity contribution in [3.05, 3.63) is 33.6 Å². The van der Waals surface area contributed by atoms with Gasteiger partial charge in [0.25, 0.3) is 0 Å². The number of carbonyl (C=O) groups excluding carboxylic acids is 1. The van der Waals surface area contributed by atoms with Gasteiger partial charge in [-0.2, -0.15) is 0 Å². The minimum Gasteiger partial charge on any atom is -0.294 e. The van der Waals surface area contributed by atoms with E-state index >= 15 is 0 Å². The van der Waals surface area contributed by atoms with Gasteiger partial charge in [-0.15, -0.1) is 11.3 Å². The number of fused-ring (bicyclic) bond motifs is 1. The molecule has 0 unspecified atom stereocenters. The van der Waals surface area contributed by atoms with Crippen LogP contribution < -0.4 is 0 Å². The molecule has 1 aliphatic carbocycles. The van der Waals surface area contributed by atoms with Gasteiger partial charge in [0.15, 0.2) is 5.78 Å². The lowest BCUT2D eigenvalue weighted by Gasteiger charge is -2.06. The first-order chi connectivity index (χ1) is 8.27. The van der Waals surface area contributed by atoms with Gasteiger partial charge >= 0.3 is 0 Å². The molecule has 0 saturated heterocycles. The number of ketones is 1. The number of halogens is 1. The maximum absolute atomic E-state index is 12.4. The first-order valence-corrected chi connectivity index (χ1v) is 7.64. The van der Waals surface area contributed by atoms with E-state index in [-0.39, 0.29) is 5.92 Å². The average molecular weight is 309 g/mol. The fourth-order valence-electron chi connectivity index (χ4n) is 2.62. The van der Waals surface area contributed by atoms with Crippen LogP contribution in [-0.2, 0) is 0 Å². The summed E-state index contributed by atoms with van der Waals surface area (Å²) in [5, 5.41) is 3.14. The van der Waals surface area contributed by atoms with Crippen molar-refractivity contribution in [3.8, 4) is 0 Å². The fourth-order valence-corrected chi connectivity index (χ4v) is 4.23. The molecule has 0 spiro atoms. The predicted octanol–water partition coefficient (Wildman–Crippen LogP) is 5.04. The lowest BCUT2D eigenvalue weighted by molar-refractivity contribution is 0.0925. The lowest BCUT2D eigenvalue weighted by atomic mass is 9.96. The van der Waals surface area contributed by atoms with E-state index < -0.39 is 0 Å². The smallest absolute Gasteiger partial charge is 0.167 e. The van der Waals surface area contributed by atoms with Gasteiger partial charge in [0.1, 0.15) is 0 Å². The van der Waals surface area contributed by atoms with E-state index in [9.17, 15) is 4.79 Å². The second kappa shape index (κ2) is 4.54. The molecular weight excluding hydrogens is 296 g/mol. The van der Waals surface area contributed by atoms with Crippen molar-refractivity contribution in [2.45, 2.75) is 25.7 Å².